The Labute approximate surface area is 135 Å². The van der Waals surface area contributed by atoms with Gasteiger partial charge in [-0.3, -0.25) is 4.79 Å². The van der Waals surface area contributed by atoms with Crippen molar-refractivity contribution in [2.75, 3.05) is 6.61 Å². The van der Waals surface area contributed by atoms with Crippen LogP contribution in [0.5, 0.6) is 5.75 Å². The summed E-state index contributed by atoms with van der Waals surface area (Å²) >= 11 is 0. The van der Waals surface area contributed by atoms with Gasteiger partial charge in [-0.25, -0.2) is 9.82 Å². The zero-order chi connectivity index (χ0) is 16.7. The van der Waals surface area contributed by atoms with Gasteiger partial charge in [0.15, 0.2) is 18.2 Å². The fraction of sp³-hybridized carbons (Fsp3) is 0.222. The van der Waals surface area contributed by atoms with Crippen molar-refractivity contribution >= 4 is 12.1 Å². The predicted molar refractivity (Wildman–Crippen MR) is 88.2 cm³/mol. The van der Waals surface area contributed by atoms with Crippen molar-refractivity contribution in [3.05, 3.63) is 65.5 Å². The summed E-state index contributed by atoms with van der Waals surface area (Å²) < 4.78 is 18.4. The van der Waals surface area contributed by atoms with Gasteiger partial charge in [0.1, 0.15) is 0 Å². The highest BCUT2D eigenvalue weighted by Crippen LogP contribution is 2.15. The van der Waals surface area contributed by atoms with Gasteiger partial charge in [-0.15, -0.1) is 0 Å². The highest BCUT2D eigenvalue weighted by molar-refractivity contribution is 5.82. The average molecular weight is 314 g/mol. The lowest BCUT2D eigenvalue weighted by molar-refractivity contribution is -0.123. The summed E-state index contributed by atoms with van der Waals surface area (Å²) in [6.45, 7) is 3.95. The molecule has 1 amide bonds. The van der Waals surface area contributed by atoms with Crippen molar-refractivity contribution in [3.8, 4) is 5.75 Å². The molecule has 23 heavy (non-hydrogen) atoms. The van der Waals surface area contributed by atoms with Gasteiger partial charge < -0.3 is 4.74 Å². The molecule has 0 saturated carbocycles. The first-order valence-corrected chi connectivity index (χ1v) is 7.35. The zero-order valence-corrected chi connectivity index (χ0v) is 13.1. The van der Waals surface area contributed by atoms with Crippen molar-refractivity contribution in [1.82, 2.24) is 5.43 Å². The molecule has 2 rings (SSSR count). The number of nitrogens with one attached hydrogen (secondary N) is 1. The second-order valence-electron chi connectivity index (χ2n) is 5.33. The van der Waals surface area contributed by atoms with Crippen LogP contribution in [0.15, 0.2) is 53.6 Å². The first-order valence-electron chi connectivity index (χ1n) is 7.35. The minimum absolute atomic E-state index is 0.0379. The van der Waals surface area contributed by atoms with Crippen LogP contribution in [-0.4, -0.2) is 18.7 Å². The summed E-state index contributed by atoms with van der Waals surface area (Å²) in [5, 5.41) is 3.85. The zero-order valence-electron chi connectivity index (χ0n) is 13.1. The van der Waals surface area contributed by atoms with Crippen molar-refractivity contribution in [1.29, 1.82) is 0 Å². The van der Waals surface area contributed by atoms with Gasteiger partial charge in [-0.1, -0.05) is 50.2 Å². The molecule has 0 radical (unpaired) electrons. The van der Waals surface area contributed by atoms with E-state index in [4.69, 9.17) is 4.74 Å². The van der Waals surface area contributed by atoms with E-state index in [1.807, 2.05) is 24.3 Å². The molecule has 0 aliphatic heterocycles. The molecule has 0 heterocycles. The number of ether oxygens (including phenoxy) is 1. The van der Waals surface area contributed by atoms with E-state index in [1.165, 1.54) is 17.7 Å². The number of para-hydroxylation sites is 1. The third-order valence-corrected chi connectivity index (χ3v) is 3.20. The minimum atomic E-state index is -0.506. The largest absolute Gasteiger partial charge is 0.481 e. The molecular weight excluding hydrogens is 295 g/mol. The fourth-order valence-electron chi connectivity index (χ4n) is 1.88. The Kier molecular flexibility index (Phi) is 5.86. The summed E-state index contributed by atoms with van der Waals surface area (Å²) in [5.41, 5.74) is 4.46. The Morgan fingerprint density at radius 2 is 1.91 bits per heavy atom. The lowest BCUT2D eigenvalue weighted by Gasteiger charge is -2.06. The van der Waals surface area contributed by atoms with E-state index in [2.05, 4.69) is 24.4 Å². The highest BCUT2D eigenvalue weighted by atomic mass is 19.1. The molecule has 0 unspecified atom stereocenters. The molecule has 0 aliphatic carbocycles. The molecule has 2 aromatic carbocycles. The van der Waals surface area contributed by atoms with E-state index < -0.39 is 11.7 Å². The lowest BCUT2D eigenvalue weighted by Crippen LogP contribution is -2.24. The van der Waals surface area contributed by atoms with Crippen LogP contribution in [0.3, 0.4) is 0 Å². The summed E-state index contributed by atoms with van der Waals surface area (Å²) in [5.74, 6) is -0.454. The molecule has 0 bridgehead atoms. The summed E-state index contributed by atoms with van der Waals surface area (Å²) in [6, 6.07) is 13.8. The second kappa shape index (κ2) is 8.08. The normalized spacial score (nSPS) is 11.0. The topological polar surface area (TPSA) is 50.7 Å². The third kappa shape index (κ3) is 5.21. The van der Waals surface area contributed by atoms with Gasteiger partial charge >= 0.3 is 0 Å². The van der Waals surface area contributed by atoms with Gasteiger partial charge in [0.05, 0.1) is 6.21 Å². The Hall–Kier alpha value is -2.69. The number of hydrazone groups is 1. The van der Waals surface area contributed by atoms with Crippen LogP contribution in [-0.2, 0) is 4.79 Å². The van der Waals surface area contributed by atoms with Gasteiger partial charge in [0, 0.05) is 0 Å². The second-order valence-corrected chi connectivity index (χ2v) is 5.33. The molecular formula is C18H19FN2O2. The van der Waals surface area contributed by atoms with Crippen LogP contribution >= 0.6 is 0 Å². The Balaban J connectivity index is 1.80. The van der Waals surface area contributed by atoms with Gasteiger partial charge in [0.25, 0.3) is 5.91 Å². The molecule has 1 N–H and O–H groups in total. The van der Waals surface area contributed by atoms with Crippen LogP contribution in [0, 0.1) is 5.82 Å². The number of amides is 1. The maximum absolute atomic E-state index is 13.3. The maximum atomic E-state index is 13.3. The predicted octanol–water partition coefficient (Wildman–Crippen LogP) is 3.48. The SMILES string of the molecule is CC(C)c1ccc(/C=N\NC(=O)COc2ccccc2F)cc1. The summed E-state index contributed by atoms with van der Waals surface area (Å²) in [7, 11) is 0. The van der Waals surface area contributed by atoms with Crippen LogP contribution in [0.4, 0.5) is 4.39 Å². The average Bonchev–Trinajstić information content (AvgIpc) is 2.54. The lowest BCUT2D eigenvalue weighted by atomic mass is 10.0. The van der Waals surface area contributed by atoms with Gasteiger partial charge in [0.2, 0.25) is 0 Å². The van der Waals surface area contributed by atoms with E-state index in [0.717, 1.165) is 5.56 Å². The van der Waals surface area contributed by atoms with Crippen molar-refractivity contribution in [2.24, 2.45) is 5.10 Å². The molecule has 0 saturated heterocycles. The number of hydrogen-bond acceptors (Lipinski definition) is 3. The Morgan fingerprint density at radius 3 is 2.57 bits per heavy atom. The number of carbonyl (C=O) groups excluding carboxylic acids is 1. The fourth-order valence-corrected chi connectivity index (χ4v) is 1.88. The number of carbonyl (C=O) groups is 1. The molecule has 0 atom stereocenters. The Morgan fingerprint density at radius 1 is 1.22 bits per heavy atom. The molecule has 4 nitrogen and oxygen atoms in total. The van der Waals surface area contributed by atoms with Crippen molar-refractivity contribution in [3.63, 3.8) is 0 Å². The van der Waals surface area contributed by atoms with E-state index in [1.54, 1.807) is 18.3 Å². The monoisotopic (exact) mass is 314 g/mol. The first-order chi connectivity index (χ1) is 11.1. The molecule has 2 aromatic rings. The van der Waals surface area contributed by atoms with Gasteiger partial charge in [-0.05, 0) is 29.2 Å². The minimum Gasteiger partial charge on any atom is -0.481 e. The molecule has 0 aromatic heterocycles. The van der Waals surface area contributed by atoms with Crippen LogP contribution in [0.1, 0.15) is 30.9 Å². The van der Waals surface area contributed by atoms with Crippen LogP contribution < -0.4 is 10.2 Å². The molecule has 0 aliphatic rings. The number of halogens is 1. The summed E-state index contributed by atoms with van der Waals surface area (Å²) in [6.07, 6.45) is 1.55. The summed E-state index contributed by atoms with van der Waals surface area (Å²) in [4.78, 5) is 11.6. The van der Waals surface area contributed by atoms with Crippen molar-refractivity contribution < 1.29 is 13.9 Å². The van der Waals surface area contributed by atoms with Crippen LogP contribution in [0.25, 0.3) is 0 Å². The quantitative estimate of drug-likeness (QED) is 0.655. The molecule has 0 fully saturated rings. The van der Waals surface area contributed by atoms with E-state index in [-0.39, 0.29) is 12.4 Å². The number of hydrogen-bond donors (Lipinski definition) is 1. The van der Waals surface area contributed by atoms with E-state index in [9.17, 15) is 9.18 Å². The number of rotatable bonds is 6. The van der Waals surface area contributed by atoms with Crippen LogP contribution in [0.2, 0.25) is 0 Å². The first kappa shape index (κ1) is 16.7. The smallest absolute Gasteiger partial charge is 0.277 e. The van der Waals surface area contributed by atoms with Crippen molar-refractivity contribution in [2.45, 2.75) is 19.8 Å². The number of nitrogens with zero attached hydrogens (tertiary/aromatic N) is 1. The van der Waals surface area contributed by atoms with E-state index in [0.29, 0.717) is 5.92 Å². The maximum Gasteiger partial charge on any atom is 0.277 e. The third-order valence-electron chi connectivity index (χ3n) is 3.20. The molecule has 120 valence electrons. The van der Waals surface area contributed by atoms with E-state index >= 15 is 0 Å². The molecule has 5 heteroatoms. The standard InChI is InChI=1S/C18H19FN2O2/c1-13(2)15-9-7-14(8-10-15)11-20-21-18(22)12-23-17-6-4-3-5-16(17)19/h3-11,13H,12H2,1-2H3,(H,21,22)/b20-11-. The number of benzene rings is 2. The molecule has 0 spiro atoms. The Bertz CT molecular complexity index is 682. The van der Waals surface area contributed by atoms with Gasteiger partial charge in [-0.2, -0.15) is 5.10 Å². The highest BCUT2D eigenvalue weighted by Gasteiger charge is 2.05.